The molecule has 2 aromatic heterocycles. The predicted molar refractivity (Wildman–Crippen MR) is 78.3 cm³/mol. The van der Waals surface area contributed by atoms with E-state index >= 15 is 0 Å². The number of aromatic nitrogens is 2. The zero-order valence-corrected chi connectivity index (χ0v) is 12.8. The lowest BCUT2D eigenvalue weighted by atomic mass is 10.1. The highest BCUT2D eigenvalue weighted by molar-refractivity contribution is 5.60. The summed E-state index contributed by atoms with van der Waals surface area (Å²) in [5.41, 5.74) is 9.47. The van der Waals surface area contributed by atoms with Crippen LogP contribution in [0, 0.1) is 27.7 Å². The first-order valence-corrected chi connectivity index (χ1v) is 7.22. The van der Waals surface area contributed by atoms with E-state index in [4.69, 9.17) is 0 Å². The topological polar surface area (TPSA) is 7.76 Å². The molecule has 0 fully saturated rings. The molecule has 20 heavy (non-hydrogen) atoms. The zero-order chi connectivity index (χ0) is 14.2. The summed E-state index contributed by atoms with van der Waals surface area (Å²) in [6.45, 7) is 11.0. The van der Waals surface area contributed by atoms with E-state index in [1.54, 1.807) is 0 Å². The first-order chi connectivity index (χ1) is 9.45. The molecule has 1 aliphatic heterocycles. The van der Waals surface area contributed by atoms with Crippen LogP contribution in [0.25, 0.3) is 11.4 Å². The molecular formula is C18H20N2+2. The van der Waals surface area contributed by atoms with E-state index in [0.29, 0.717) is 0 Å². The Morgan fingerprint density at radius 3 is 1.50 bits per heavy atom. The molecule has 2 aliphatic rings. The number of hydrogen-bond donors (Lipinski definition) is 0. The Balaban J connectivity index is 2.16. The Hall–Kier alpha value is -1.96. The van der Waals surface area contributed by atoms with Crippen molar-refractivity contribution in [3.05, 3.63) is 58.4 Å². The molecule has 0 amide bonds. The SMILES string of the molecule is CC1=CC12[n+]1cc(C)cc(C)c1-c1c(C)cc(C)c[n+]12. The third-order valence-electron chi connectivity index (χ3n) is 4.66. The minimum atomic E-state index is -0.0434. The minimum absolute atomic E-state index is 0.0434. The third kappa shape index (κ3) is 1.20. The van der Waals surface area contributed by atoms with Gasteiger partial charge in [-0.05, 0) is 46.8 Å². The first-order valence-electron chi connectivity index (χ1n) is 7.22. The fourth-order valence-electron chi connectivity index (χ4n) is 3.85. The maximum atomic E-state index is 2.45. The fraction of sp³-hybridized carbons (Fsp3) is 0.333. The molecule has 0 bridgehead atoms. The summed E-state index contributed by atoms with van der Waals surface area (Å²) in [6, 6.07) is 4.57. The van der Waals surface area contributed by atoms with Crippen LogP contribution in [0.5, 0.6) is 0 Å². The largest absolute Gasteiger partial charge is 0.406 e. The smallest absolute Gasteiger partial charge is 0.120 e. The number of hydrogen-bond acceptors (Lipinski definition) is 0. The second-order valence-corrected chi connectivity index (χ2v) is 6.39. The van der Waals surface area contributed by atoms with Crippen LogP contribution in [0.15, 0.2) is 36.2 Å². The highest BCUT2D eigenvalue weighted by Crippen LogP contribution is 2.41. The molecule has 0 saturated heterocycles. The summed E-state index contributed by atoms with van der Waals surface area (Å²) in [5, 5.41) is 0. The molecule has 1 spiro atoms. The van der Waals surface area contributed by atoms with Crippen LogP contribution < -0.4 is 9.13 Å². The minimum Gasteiger partial charge on any atom is -0.120 e. The molecule has 0 unspecified atom stereocenters. The second kappa shape index (κ2) is 3.38. The van der Waals surface area contributed by atoms with Crippen LogP contribution in [0.2, 0.25) is 0 Å². The third-order valence-corrected chi connectivity index (χ3v) is 4.66. The van der Waals surface area contributed by atoms with Gasteiger partial charge in [-0.25, -0.2) is 0 Å². The maximum Gasteiger partial charge on any atom is 0.406 e. The van der Waals surface area contributed by atoms with Gasteiger partial charge in [0.15, 0.2) is 12.4 Å². The highest BCUT2D eigenvalue weighted by Gasteiger charge is 2.68. The van der Waals surface area contributed by atoms with Crippen LogP contribution >= 0.6 is 0 Å². The molecule has 0 radical (unpaired) electrons. The van der Waals surface area contributed by atoms with Crippen molar-refractivity contribution in [1.82, 2.24) is 0 Å². The Labute approximate surface area is 120 Å². The second-order valence-electron chi connectivity index (χ2n) is 6.39. The summed E-state index contributed by atoms with van der Waals surface area (Å²) in [4.78, 5) is 0. The van der Waals surface area contributed by atoms with Crippen molar-refractivity contribution >= 4 is 0 Å². The lowest BCUT2D eigenvalue weighted by Crippen LogP contribution is -2.62. The zero-order valence-electron chi connectivity index (χ0n) is 12.8. The quantitative estimate of drug-likeness (QED) is 0.510. The van der Waals surface area contributed by atoms with Gasteiger partial charge in [-0.1, -0.05) is 0 Å². The van der Waals surface area contributed by atoms with Crippen LogP contribution in [0.1, 0.15) is 29.2 Å². The van der Waals surface area contributed by atoms with Gasteiger partial charge in [0.05, 0.1) is 11.6 Å². The molecule has 3 heterocycles. The molecule has 100 valence electrons. The van der Waals surface area contributed by atoms with E-state index in [0.717, 1.165) is 0 Å². The predicted octanol–water partition coefficient (Wildman–Crippen LogP) is 2.64. The number of nitrogens with zero attached hydrogens (tertiary/aromatic N) is 2. The molecule has 4 rings (SSSR count). The lowest BCUT2D eigenvalue weighted by Gasteiger charge is -2.04. The molecule has 2 nitrogen and oxygen atoms in total. The van der Waals surface area contributed by atoms with E-state index in [1.807, 2.05) is 0 Å². The Morgan fingerprint density at radius 1 is 0.750 bits per heavy atom. The van der Waals surface area contributed by atoms with Crippen molar-refractivity contribution in [2.45, 2.75) is 40.3 Å². The Kier molecular flexibility index (Phi) is 2.00. The van der Waals surface area contributed by atoms with Gasteiger partial charge in [0, 0.05) is 22.3 Å². The summed E-state index contributed by atoms with van der Waals surface area (Å²) in [5.74, 6) is 0. The fourth-order valence-corrected chi connectivity index (χ4v) is 3.85. The van der Waals surface area contributed by atoms with Crippen molar-refractivity contribution in [2.24, 2.45) is 0 Å². The molecule has 0 aromatic carbocycles. The molecule has 1 aliphatic carbocycles. The van der Waals surface area contributed by atoms with E-state index in [2.05, 4.69) is 74.4 Å². The Bertz CT molecular complexity index is 755. The van der Waals surface area contributed by atoms with E-state index in [-0.39, 0.29) is 5.66 Å². The van der Waals surface area contributed by atoms with E-state index in [9.17, 15) is 0 Å². The average Bonchev–Trinajstić information content (AvgIpc) is 2.93. The molecule has 2 heteroatoms. The summed E-state index contributed by atoms with van der Waals surface area (Å²) in [6.07, 6.45) is 6.94. The van der Waals surface area contributed by atoms with Gasteiger partial charge >= 0.3 is 5.66 Å². The number of allylic oxidation sites excluding steroid dienone is 2. The van der Waals surface area contributed by atoms with Gasteiger partial charge in [-0.3, -0.25) is 0 Å². The van der Waals surface area contributed by atoms with Crippen LogP contribution in [-0.4, -0.2) is 0 Å². The van der Waals surface area contributed by atoms with Crippen LogP contribution in [-0.2, 0) is 5.66 Å². The standard InChI is InChI=1S/C18H20N2/c1-11-6-13(3)16-17-14(4)7-12(2)10-20(17)18(8-15(18)5)19(16)9-11/h6-10H,1-5H3/q+2. The monoisotopic (exact) mass is 264 g/mol. The molecule has 0 saturated carbocycles. The van der Waals surface area contributed by atoms with Gasteiger partial charge in [0.1, 0.15) is 0 Å². The van der Waals surface area contributed by atoms with Crippen LogP contribution in [0.4, 0.5) is 0 Å². The molecule has 0 atom stereocenters. The van der Waals surface area contributed by atoms with Crippen molar-refractivity contribution in [3.63, 3.8) is 0 Å². The van der Waals surface area contributed by atoms with Crippen molar-refractivity contribution in [2.75, 3.05) is 0 Å². The molecular weight excluding hydrogens is 244 g/mol. The number of aryl methyl sites for hydroxylation is 4. The summed E-state index contributed by atoms with van der Waals surface area (Å²) < 4.78 is 4.91. The van der Waals surface area contributed by atoms with Gasteiger partial charge in [0.25, 0.3) is 11.4 Å². The highest BCUT2D eigenvalue weighted by atomic mass is 15.3. The Morgan fingerprint density at radius 2 is 1.15 bits per heavy atom. The first kappa shape index (κ1) is 11.8. The van der Waals surface area contributed by atoms with Crippen molar-refractivity contribution in [3.8, 4) is 11.4 Å². The van der Waals surface area contributed by atoms with Crippen molar-refractivity contribution < 1.29 is 9.13 Å². The van der Waals surface area contributed by atoms with E-state index in [1.165, 1.54) is 39.2 Å². The number of pyridine rings is 2. The van der Waals surface area contributed by atoms with Gasteiger partial charge < -0.3 is 0 Å². The van der Waals surface area contributed by atoms with Gasteiger partial charge in [0.2, 0.25) is 0 Å². The number of rotatable bonds is 0. The summed E-state index contributed by atoms with van der Waals surface area (Å²) >= 11 is 0. The molecule has 2 aromatic rings. The summed E-state index contributed by atoms with van der Waals surface area (Å²) in [7, 11) is 0. The lowest BCUT2D eigenvalue weighted by molar-refractivity contribution is -0.924. The van der Waals surface area contributed by atoms with Crippen molar-refractivity contribution in [1.29, 1.82) is 0 Å². The van der Waals surface area contributed by atoms with Gasteiger partial charge in [-0.2, -0.15) is 0 Å². The normalized spacial score (nSPS) is 16.9. The molecule has 0 N–H and O–H groups in total. The average molecular weight is 264 g/mol. The van der Waals surface area contributed by atoms with E-state index < -0.39 is 0 Å². The maximum absolute atomic E-state index is 2.45. The van der Waals surface area contributed by atoms with Gasteiger partial charge in [-0.15, -0.1) is 9.13 Å². The van der Waals surface area contributed by atoms with Crippen LogP contribution in [0.3, 0.4) is 0 Å². The number of fused-ring (bicyclic) bond motifs is 5.